The molecule has 3 nitrogen and oxygen atoms in total. The molecule has 0 radical (unpaired) electrons. The molecule has 0 aliphatic carbocycles. The summed E-state index contributed by atoms with van der Waals surface area (Å²) in [5, 5.41) is 4.59. The van der Waals surface area contributed by atoms with Gasteiger partial charge in [0.2, 0.25) is 0 Å². The number of hydrogen-bond donors (Lipinski definition) is 1. The van der Waals surface area contributed by atoms with Gasteiger partial charge >= 0.3 is 0 Å². The molecule has 2 aromatic rings. The molecular weight excluding hydrogens is 220 g/mol. The fourth-order valence-corrected chi connectivity index (χ4v) is 2.31. The summed E-state index contributed by atoms with van der Waals surface area (Å²) >= 11 is 1.81. The van der Waals surface area contributed by atoms with Crippen LogP contribution in [0.15, 0.2) is 29.2 Å². The highest BCUT2D eigenvalue weighted by atomic mass is 32.1. The van der Waals surface area contributed by atoms with E-state index in [-0.39, 0.29) is 0 Å². The summed E-state index contributed by atoms with van der Waals surface area (Å²) in [6, 6.07) is 1.98. The molecule has 0 saturated heterocycles. The molecule has 0 atom stereocenters. The maximum absolute atomic E-state index is 5.00. The van der Waals surface area contributed by atoms with Gasteiger partial charge in [-0.3, -0.25) is 0 Å². The van der Waals surface area contributed by atoms with E-state index in [0.717, 1.165) is 25.9 Å². The summed E-state index contributed by atoms with van der Waals surface area (Å²) in [5.41, 5.74) is 1.19. The number of nitrogens with one attached hydrogen (secondary N) is 1. The van der Waals surface area contributed by atoms with Crippen molar-refractivity contribution in [1.29, 1.82) is 0 Å². The molecule has 0 spiro atoms. The van der Waals surface area contributed by atoms with Crippen LogP contribution in [0.4, 0.5) is 0 Å². The number of nitrogens with zero attached hydrogens (tertiary/aromatic N) is 1. The van der Waals surface area contributed by atoms with E-state index in [2.05, 4.69) is 17.2 Å². The van der Waals surface area contributed by atoms with Crippen LogP contribution in [0.1, 0.15) is 22.4 Å². The van der Waals surface area contributed by atoms with E-state index in [1.807, 2.05) is 23.6 Å². The number of aryl methyl sites for hydroxylation is 1. The number of thiazole rings is 1. The summed E-state index contributed by atoms with van der Waals surface area (Å²) in [6.07, 6.45) is 7.54. The van der Waals surface area contributed by atoms with Crippen molar-refractivity contribution in [2.24, 2.45) is 0 Å². The van der Waals surface area contributed by atoms with Crippen LogP contribution in [0.3, 0.4) is 0 Å². The highest BCUT2D eigenvalue weighted by Crippen LogP contribution is 2.13. The average Bonchev–Trinajstić information content (AvgIpc) is 2.95. The molecule has 0 amide bonds. The van der Waals surface area contributed by atoms with Crippen LogP contribution in [-0.4, -0.2) is 11.5 Å². The number of hydrogen-bond acceptors (Lipinski definition) is 4. The first-order valence-corrected chi connectivity index (χ1v) is 6.35. The highest BCUT2D eigenvalue weighted by Gasteiger charge is 2.00. The second-order valence-electron chi connectivity index (χ2n) is 3.63. The van der Waals surface area contributed by atoms with Crippen LogP contribution in [0.2, 0.25) is 0 Å². The maximum Gasteiger partial charge on any atom is 0.0947 e. The van der Waals surface area contributed by atoms with Crippen LogP contribution in [0, 0.1) is 0 Å². The van der Waals surface area contributed by atoms with Crippen molar-refractivity contribution in [3.05, 3.63) is 40.2 Å². The first-order valence-electron chi connectivity index (χ1n) is 5.54. The molecule has 1 N–H and O–H groups in total. The zero-order chi connectivity index (χ0) is 11.2. The van der Waals surface area contributed by atoms with E-state index < -0.39 is 0 Å². The van der Waals surface area contributed by atoms with Crippen LogP contribution < -0.4 is 5.32 Å². The van der Waals surface area contributed by atoms with Gasteiger partial charge < -0.3 is 9.73 Å². The van der Waals surface area contributed by atoms with Crippen LogP contribution in [0.25, 0.3) is 0 Å². The monoisotopic (exact) mass is 236 g/mol. The average molecular weight is 236 g/mol. The molecule has 2 heterocycles. The number of aromatic nitrogens is 1. The minimum atomic E-state index is 0.864. The minimum absolute atomic E-state index is 0.864. The predicted octanol–water partition coefficient (Wildman–Crippen LogP) is 2.63. The Hall–Kier alpha value is -1.13. The molecule has 4 heteroatoms. The van der Waals surface area contributed by atoms with Gasteiger partial charge in [-0.15, -0.1) is 11.3 Å². The topological polar surface area (TPSA) is 38.1 Å². The van der Waals surface area contributed by atoms with E-state index in [1.54, 1.807) is 12.5 Å². The van der Waals surface area contributed by atoms with E-state index in [9.17, 15) is 0 Å². The zero-order valence-electron chi connectivity index (χ0n) is 9.40. The zero-order valence-corrected chi connectivity index (χ0v) is 10.2. The Bertz CT molecular complexity index is 408. The second-order valence-corrected chi connectivity index (χ2v) is 4.83. The van der Waals surface area contributed by atoms with Crippen molar-refractivity contribution >= 4 is 11.3 Å². The Morgan fingerprint density at radius 3 is 3.12 bits per heavy atom. The van der Waals surface area contributed by atoms with Gasteiger partial charge in [0.25, 0.3) is 0 Å². The Morgan fingerprint density at radius 2 is 2.44 bits per heavy atom. The van der Waals surface area contributed by atoms with E-state index in [1.165, 1.54) is 15.4 Å². The van der Waals surface area contributed by atoms with Gasteiger partial charge in [-0.25, -0.2) is 4.98 Å². The molecule has 0 bridgehead atoms. The molecule has 0 fully saturated rings. The Morgan fingerprint density at radius 1 is 1.50 bits per heavy atom. The minimum Gasteiger partial charge on any atom is -0.472 e. The normalized spacial score (nSPS) is 10.8. The molecule has 0 aliphatic heterocycles. The second kappa shape index (κ2) is 5.82. The Balaban J connectivity index is 1.68. The van der Waals surface area contributed by atoms with E-state index in [0.29, 0.717) is 0 Å². The van der Waals surface area contributed by atoms with Crippen molar-refractivity contribution in [3.63, 3.8) is 0 Å². The van der Waals surface area contributed by atoms with Gasteiger partial charge in [0, 0.05) is 36.1 Å². The lowest BCUT2D eigenvalue weighted by Gasteiger charge is -2.00. The molecule has 2 rings (SSSR count). The predicted molar refractivity (Wildman–Crippen MR) is 65.6 cm³/mol. The fraction of sp³-hybridized carbons (Fsp3) is 0.417. The SMILES string of the molecule is CCc1cnc(CCNCc2ccoc2)s1. The largest absolute Gasteiger partial charge is 0.472 e. The van der Waals surface area contributed by atoms with Crippen LogP contribution >= 0.6 is 11.3 Å². The third-order valence-corrected chi connectivity index (χ3v) is 3.58. The number of furan rings is 1. The van der Waals surface area contributed by atoms with Crippen molar-refractivity contribution in [2.75, 3.05) is 6.54 Å². The first kappa shape index (κ1) is 11.4. The molecular formula is C12H16N2OS. The smallest absolute Gasteiger partial charge is 0.0947 e. The highest BCUT2D eigenvalue weighted by molar-refractivity contribution is 7.11. The van der Waals surface area contributed by atoms with Crippen LogP contribution in [0.5, 0.6) is 0 Å². The van der Waals surface area contributed by atoms with Crippen molar-refractivity contribution in [1.82, 2.24) is 10.3 Å². The lowest BCUT2D eigenvalue weighted by Crippen LogP contribution is -2.16. The molecule has 0 aromatic carbocycles. The molecule has 16 heavy (non-hydrogen) atoms. The summed E-state index contributed by atoms with van der Waals surface area (Å²) in [4.78, 5) is 5.75. The van der Waals surface area contributed by atoms with Gasteiger partial charge in [0.15, 0.2) is 0 Å². The molecule has 86 valence electrons. The summed E-state index contributed by atoms with van der Waals surface area (Å²) < 4.78 is 5.00. The van der Waals surface area contributed by atoms with Gasteiger partial charge in [-0.1, -0.05) is 6.92 Å². The molecule has 2 aromatic heterocycles. The van der Waals surface area contributed by atoms with Crippen molar-refractivity contribution in [2.45, 2.75) is 26.3 Å². The standard InChI is InChI=1S/C12H16N2OS/c1-2-11-8-14-12(16-11)3-5-13-7-10-4-6-15-9-10/h4,6,8-9,13H,2-3,5,7H2,1H3. The summed E-state index contributed by atoms with van der Waals surface area (Å²) in [7, 11) is 0. The third kappa shape index (κ3) is 3.18. The third-order valence-electron chi connectivity index (χ3n) is 2.37. The maximum atomic E-state index is 5.00. The van der Waals surface area contributed by atoms with Gasteiger partial charge in [0.1, 0.15) is 0 Å². The fourth-order valence-electron chi connectivity index (χ4n) is 1.45. The molecule has 0 saturated carbocycles. The Labute approximate surface area is 99.5 Å². The summed E-state index contributed by atoms with van der Waals surface area (Å²) in [6.45, 7) is 3.98. The lowest BCUT2D eigenvalue weighted by atomic mass is 10.3. The van der Waals surface area contributed by atoms with Crippen LogP contribution in [-0.2, 0) is 19.4 Å². The molecule has 0 aliphatic rings. The Kier molecular flexibility index (Phi) is 4.13. The first-order chi connectivity index (χ1) is 7.88. The van der Waals surface area contributed by atoms with E-state index >= 15 is 0 Å². The van der Waals surface area contributed by atoms with Gasteiger partial charge in [-0.05, 0) is 12.5 Å². The summed E-state index contributed by atoms with van der Waals surface area (Å²) in [5.74, 6) is 0. The van der Waals surface area contributed by atoms with Gasteiger partial charge in [-0.2, -0.15) is 0 Å². The van der Waals surface area contributed by atoms with E-state index in [4.69, 9.17) is 4.42 Å². The van der Waals surface area contributed by atoms with Gasteiger partial charge in [0.05, 0.1) is 17.5 Å². The molecule has 0 unspecified atom stereocenters. The van der Waals surface area contributed by atoms with Crippen molar-refractivity contribution in [3.8, 4) is 0 Å². The van der Waals surface area contributed by atoms with Crippen molar-refractivity contribution < 1.29 is 4.42 Å². The quantitative estimate of drug-likeness (QED) is 0.783. The number of rotatable bonds is 6. The lowest BCUT2D eigenvalue weighted by molar-refractivity contribution is 0.560.